The van der Waals surface area contributed by atoms with Crippen LogP contribution in [0.1, 0.15) is 30.0 Å². The summed E-state index contributed by atoms with van der Waals surface area (Å²) in [7, 11) is 0. The van der Waals surface area contributed by atoms with Crippen LogP contribution in [0.15, 0.2) is 54.6 Å². The molecule has 1 aliphatic heterocycles. The number of quaternary nitrogens is 1. The molecule has 2 aromatic rings. The summed E-state index contributed by atoms with van der Waals surface area (Å²) < 4.78 is 0.694. The predicted molar refractivity (Wildman–Crippen MR) is 92.8 cm³/mol. The second kappa shape index (κ2) is 6.73. The van der Waals surface area contributed by atoms with Crippen LogP contribution in [-0.2, 0) is 11.3 Å². The van der Waals surface area contributed by atoms with E-state index in [-0.39, 0.29) is 11.9 Å². The molecule has 1 saturated heterocycles. The molecule has 0 saturated carbocycles. The molecule has 0 aliphatic carbocycles. The summed E-state index contributed by atoms with van der Waals surface area (Å²) in [5.74, 6) is -0.250. The third-order valence-corrected chi connectivity index (χ3v) is 5.01. The van der Waals surface area contributed by atoms with E-state index in [2.05, 4.69) is 6.07 Å². The number of carbonyl (C=O) groups is 1. The molecule has 1 atom stereocenters. The molecule has 1 heterocycles. The molecular formula is C19H22ClN2O+. The van der Waals surface area contributed by atoms with E-state index in [9.17, 15) is 4.79 Å². The van der Waals surface area contributed by atoms with Gasteiger partial charge >= 0.3 is 0 Å². The number of hydrogen-bond acceptors (Lipinski definition) is 1. The van der Waals surface area contributed by atoms with Crippen molar-refractivity contribution in [3.05, 3.63) is 70.7 Å². The number of halogens is 1. The first-order valence-corrected chi connectivity index (χ1v) is 8.43. The number of amides is 1. The fraction of sp³-hybridized carbons (Fsp3) is 0.316. The van der Waals surface area contributed by atoms with Crippen molar-refractivity contribution < 1.29 is 9.28 Å². The molecule has 1 aliphatic rings. The van der Waals surface area contributed by atoms with Crippen LogP contribution in [0.3, 0.4) is 0 Å². The Hall–Kier alpha value is -1.84. The van der Waals surface area contributed by atoms with Crippen molar-refractivity contribution in [1.82, 2.24) is 0 Å². The van der Waals surface area contributed by atoms with Gasteiger partial charge in [-0.2, -0.15) is 0 Å². The van der Waals surface area contributed by atoms with Gasteiger partial charge in [-0.3, -0.25) is 4.79 Å². The normalized spacial score (nSPS) is 17.8. The molecule has 1 amide bonds. The topological polar surface area (TPSA) is 43.1 Å². The van der Waals surface area contributed by atoms with Crippen LogP contribution in [-0.4, -0.2) is 23.5 Å². The molecule has 0 aromatic heterocycles. The SMILES string of the molecule is NC(=O)C(c1ccccc1)[N+]1(Cc2cccc(Cl)c2)CCCC1. The van der Waals surface area contributed by atoms with Gasteiger partial charge in [0.2, 0.25) is 0 Å². The van der Waals surface area contributed by atoms with Crippen molar-refractivity contribution in [2.24, 2.45) is 5.73 Å². The molecule has 120 valence electrons. The van der Waals surface area contributed by atoms with Gasteiger partial charge < -0.3 is 10.2 Å². The van der Waals surface area contributed by atoms with Gasteiger partial charge in [-0.1, -0.05) is 54.1 Å². The molecule has 3 nitrogen and oxygen atoms in total. The molecule has 23 heavy (non-hydrogen) atoms. The van der Waals surface area contributed by atoms with E-state index in [0.717, 1.165) is 48.6 Å². The molecule has 0 radical (unpaired) electrons. The summed E-state index contributed by atoms with van der Waals surface area (Å²) in [5, 5.41) is 0.732. The summed E-state index contributed by atoms with van der Waals surface area (Å²) in [6.45, 7) is 2.72. The van der Waals surface area contributed by atoms with E-state index < -0.39 is 0 Å². The summed E-state index contributed by atoms with van der Waals surface area (Å²) in [6, 6.07) is 17.5. The predicted octanol–water partition coefficient (Wildman–Crippen LogP) is 3.68. The second-order valence-corrected chi connectivity index (χ2v) is 6.81. The molecule has 0 bridgehead atoms. The number of likely N-dealkylation sites (tertiary alicyclic amines) is 1. The molecule has 3 rings (SSSR count). The number of rotatable bonds is 5. The van der Waals surface area contributed by atoms with Gasteiger partial charge in [0.05, 0.1) is 13.1 Å². The minimum absolute atomic E-state index is 0.250. The van der Waals surface area contributed by atoms with Crippen molar-refractivity contribution in [2.75, 3.05) is 13.1 Å². The molecule has 4 heteroatoms. The maximum Gasteiger partial charge on any atom is 0.280 e. The number of primary amides is 1. The monoisotopic (exact) mass is 329 g/mol. The van der Waals surface area contributed by atoms with Gasteiger partial charge in [-0.05, 0) is 12.1 Å². The molecular weight excluding hydrogens is 308 g/mol. The minimum atomic E-state index is -0.308. The zero-order valence-corrected chi connectivity index (χ0v) is 13.9. The van der Waals surface area contributed by atoms with E-state index in [0.29, 0.717) is 4.48 Å². The first kappa shape index (κ1) is 16.0. The number of hydrogen-bond donors (Lipinski definition) is 1. The van der Waals surface area contributed by atoms with Crippen LogP contribution >= 0.6 is 11.6 Å². The second-order valence-electron chi connectivity index (χ2n) is 6.38. The number of nitrogens with zero attached hydrogens (tertiary/aromatic N) is 1. The Morgan fingerprint density at radius 1 is 1.09 bits per heavy atom. The maximum atomic E-state index is 12.3. The van der Waals surface area contributed by atoms with Crippen LogP contribution in [0.25, 0.3) is 0 Å². The summed E-state index contributed by atoms with van der Waals surface area (Å²) >= 11 is 6.14. The summed E-state index contributed by atoms with van der Waals surface area (Å²) in [4.78, 5) is 12.3. The Morgan fingerprint density at radius 2 is 1.78 bits per heavy atom. The standard InChI is InChI=1S/C19H21ClN2O/c20-17-10-6-7-15(13-17)14-22(11-4-5-12-22)18(19(21)23)16-8-2-1-3-9-16/h1-3,6-10,13,18H,4-5,11-12,14H2,(H-,21,23)/p+1. The zero-order chi connectivity index (χ0) is 16.3. The lowest BCUT2D eigenvalue weighted by Gasteiger charge is -2.40. The highest BCUT2D eigenvalue weighted by Gasteiger charge is 2.44. The van der Waals surface area contributed by atoms with E-state index in [1.54, 1.807) is 0 Å². The van der Waals surface area contributed by atoms with Crippen LogP contribution in [0.2, 0.25) is 5.02 Å². The van der Waals surface area contributed by atoms with Gasteiger partial charge in [0.15, 0.2) is 6.04 Å². The number of carbonyl (C=O) groups excluding carboxylic acids is 1. The van der Waals surface area contributed by atoms with Gasteiger partial charge in [-0.25, -0.2) is 0 Å². The van der Waals surface area contributed by atoms with Crippen LogP contribution in [0.4, 0.5) is 0 Å². The first-order chi connectivity index (χ1) is 11.1. The fourth-order valence-corrected chi connectivity index (χ4v) is 4.07. The molecule has 1 unspecified atom stereocenters. The Labute approximate surface area is 142 Å². The highest BCUT2D eigenvalue weighted by molar-refractivity contribution is 6.30. The molecule has 0 spiro atoms. The maximum absolute atomic E-state index is 12.3. The highest BCUT2D eigenvalue weighted by atomic mass is 35.5. The lowest BCUT2D eigenvalue weighted by molar-refractivity contribution is -0.949. The Kier molecular flexibility index (Phi) is 4.69. The van der Waals surface area contributed by atoms with Crippen molar-refractivity contribution in [2.45, 2.75) is 25.4 Å². The molecule has 1 fully saturated rings. The van der Waals surface area contributed by atoms with E-state index in [4.69, 9.17) is 17.3 Å². The fourth-order valence-electron chi connectivity index (χ4n) is 3.86. The number of benzene rings is 2. The highest BCUT2D eigenvalue weighted by Crippen LogP contribution is 2.36. The summed E-state index contributed by atoms with van der Waals surface area (Å²) in [6.07, 6.45) is 2.24. The molecule has 2 N–H and O–H groups in total. The minimum Gasteiger partial charge on any atom is -0.364 e. The third kappa shape index (κ3) is 3.41. The largest absolute Gasteiger partial charge is 0.364 e. The average Bonchev–Trinajstić information content (AvgIpc) is 2.97. The van der Waals surface area contributed by atoms with Crippen LogP contribution < -0.4 is 5.73 Å². The smallest absolute Gasteiger partial charge is 0.280 e. The quantitative estimate of drug-likeness (QED) is 0.835. The van der Waals surface area contributed by atoms with E-state index in [1.807, 2.05) is 48.5 Å². The molecule has 2 aromatic carbocycles. The van der Waals surface area contributed by atoms with Gasteiger partial charge in [0.25, 0.3) is 5.91 Å². The average molecular weight is 330 g/mol. The lowest BCUT2D eigenvalue weighted by Crippen LogP contribution is -2.52. The Morgan fingerprint density at radius 3 is 2.39 bits per heavy atom. The number of nitrogens with two attached hydrogens (primary N) is 1. The summed E-state index contributed by atoms with van der Waals surface area (Å²) in [5.41, 5.74) is 7.99. The Bertz CT molecular complexity index is 681. The van der Waals surface area contributed by atoms with E-state index >= 15 is 0 Å². The van der Waals surface area contributed by atoms with Crippen LogP contribution in [0.5, 0.6) is 0 Å². The van der Waals surface area contributed by atoms with Crippen molar-refractivity contribution in [1.29, 1.82) is 0 Å². The third-order valence-electron chi connectivity index (χ3n) is 4.78. The Balaban J connectivity index is 2.00. The van der Waals surface area contributed by atoms with Crippen molar-refractivity contribution >= 4 is 17.5 Å². The van der Waals surface area contributed by atoms with Gasteiger partial charge in [-0.15, -0.1) is 0 Å². The van der Waals surface area contributed by atoms with Crippen molar-refractivity contribution in [3.8, 4) is 0 Å². The van der Waals surface area contributed by atoms with Crippen molar-refractivity contribution in [3.63, 3.8) is 0 Å². The van der Waals surface area contributed by atoms with E-state index in [1.165, 1.54) is 0 Å². The first-order valence-electron chi connectivity index (χ1n) is 8.05. The zero-order valence-electron chi connectivity index (χ0n) is 13.1. The van der Waals surface area contributed by atoms with Gasteiger partial charge in [0, 0.05) is 29.0 Å². The lowest BCUT2D eigenvalue weighted by atomic mass is 10.0. The van der Waals surface area contributed by atoms with Crippen LogP contribution in [0, 0.1) is 0 Å². The van der Waals surface area contributed by atoms with Gasteiger partial charge in [0.1, 0.15) is 6.54 Å².